The zero-order valence-electron chi connectivity index (χ0n) is 28.2. The third kappa shape index (κ3) is 8.19. The number of carbonyl (C=O) groups is 2. The van der Waals surface area contributed by atoms with Crippen molar-refractivity contribution in [3.05, 3.63) is 83.9 Å². The minimum Gasteiger partial charge on any atom is -0.478 e. The van der Waals surface area contributed by atoms with Gasteiger partial charge in [-0.05, 0) is 60.7 Å². The molecule has 8 rings (SSSR count). The predicted molar refractivity (Wildman–Crippen MR) is 195 cm³/mol. The number of alkyl halides is 6. The number of hydrogen-bond donors (Lipinski definition) is 4. The van der Waals surface area contributed by atoms with Gasteiger partial charge in [-0.1, -0.05) is 22.7 Å². The van der Waals surface area contributed by atoms with Crippen LogP contribution in [-0.4, -0.2) is 63.9 Å². The van der Waals surface area contributed by atoms with Gasteiger partial charge in [-0.2, -0.15) is 0 Å². The summed E-state index contributed by atoms with van der Waals surface area (Å²) in [5.74, 6) is -1.90. The highest BCUT2D eigenvalue weighted by Crippen LogP contribution is 2.35. The fourth-order valence-corrected chi connectivity index (χ4v) is 7.17. The number of carboxylic acid groups (broad SMARTS) is 2. The Hall–Kier alpha value is -6.68. The first-order valence-corrected chi connectivity index (χ1v) is 17.3. The number of ether oxygens (including phenoxy) is 2. The van der Waals surface area contributed by atoms with E-state index in [1.54, 1.807) is 35.4 Å². The molecule has 0 spiro atoms. The number of carboxylic acids is 2. The molecule has 0 saturated heterocycles. The van der Waals surface area contributed by atoms with Crippen LogP contribution in [0.5, 0.6) is 11.5 Å². The molecule has 22 heteroatoms. The number of aromatic carboxylic acids is 2. The summed E-state index contributed by atoms with van der Waals surface area (Å²) in [4.78, 5) is 39.6. The van der Waals surface area contributed by atoms with Gasteiger partial charge in [0.15, 0.2) is 10.3 Å². The molecule has 0 radical (unpaired) electrons. The Morgan fingerprint density at radius 3 is 1.34 bits per heavy atom. The molecule has 0 unspecified atom stereocenters. The van der Waals surface area contributed by atoms with Crippen LogP contribution in [-0.2, 0) is 14.1 Å². The van der Waals surface area contributed by atoms with E-state index < -0.39 is 24.7 Å². The molecule has 0 aliphatic heterocycles. The molecule has 0 bridgehead atoms. The molecule has 4 aromatic carbocycles. The summed E-state index contributed by atoms with van der Waals surface area (Å²) in [6.07, 6.45) is -9.53. The van der Waals surface area contributed by atoms with Crippen molar-refractivity contribution in [1.82, 2.24) is 29.1 Å². The molecule has 0 aliphatic carbocycles. The van der Waals surface area contributed by atoms with Crippen LogP contribution in [0.25, 0.3) is 42.5 Å². The summed E-state index contributed by atoms with van der Waals surface area (Å²) in [6, 6.07) is 17.0. The Labute approximate surface area is 316 Å². The van der Waals surface area contributed by atoms with Gasteiger partial charge in [0.1, 0.15) is 11.5 Å². The number of rotatable bonds is 8. The van der Waals surface area contributed by atoms with Crippen LogP contribution in [0.3, 0.4) is 0 Å². The topological polar surface area (TPSA) is 179 Å². The van der Waals surface area contributed by atoms with Crippen molar-refractivity contribution in [3.63, 3.8) is 0 Å². The monoisotopic (exact) mass is 816 g/mol. The largest absolute Gasteiger partial charge is 0.573 e. The van der Waals surface area contributed by atoms with Crippen LogP contribution < -0.4 is 20.1 Å². The smallest absolute Gasteiger partial charge is 0.478 e. The molecule has 4 aromatic heterocycles. The zero-order valence-corrected chi connectivity index (χ0v) is 29.9. The lowest BCUT2D eigenvalue weighted by Crippen LogP contribution is -2.16. The number of thiazole rings is 2. The van der Waals surface area contributed by atoms with Crippen molar-refractivity contribution >= 4 is 99.3 Å². The zero-order chi connectivity index (χ0) is 40.1. The molecule has 14 nitrogen and oxygen atoms in total. The molecule has 0 fully saturated rings. The number of imidazole rings is 2. The number of anilines is 4. The van der Waals surface area contributed by atoms with Gasteiger partial charge in [-0.25, -0.2) is 29.5 Å². The molecule has 0 amide bonds. The van der Waals surface area contributed by atoms with E-state index in [4.69, 9.17) is 10.2 Å². The van der Waals surface area contributed by atoms with Crippen LogP contribution in [0.4, 0.5) is 48.5 Å². The summed E-state index contributed by atoms with van der Waals surface area (Å²) in [7, 11) is 3.50. The summed E-state index contributed by atoms with van der Waals surface area (Å²) in [5, 5.41) is 25.1. The Morgan fingerprint density at radius 2 is 0.982 bits per heavy atom. The normalized spacial score (nSPS) is 11.9. The van der Waals surface area contributed by atoms with Crippen molar-refractivity contribution in [2.45, 2.75) is 12.7 Å². The highest BCUT2D eigenvalue weighted by atomic mass is 32.1. The van der Waals surface area contributed by atoms with Crippen molar-refractivity contribution in [2.75, 3.05) is 10.6 Å². The number of fused-ring (bicyclic) bond motifs is 4. The van der Waals surface area contributed by atoms with E-state index in [9.17, 15) is 35.9 Å². The van der Waals surface area contributed by atoms with Gasteiger partial charge < -0.3 is 39.5 Å². The van der Waals surface area contributed by atoms with E-state index in [1.165, 1.54) is 60.7 Å². The number of benzene rings is 4. The van der Waals surface area contributed by atoms with Crippen molar-refractivity contribution in [3.8, 4) is 11.5 Å². The predicted octanol–water partition coefficient (Wildman–Crippen LogP) is 9.05. The van der Waals surface area contributed by atoms with Crippen molar-refractivity contribution in [2.24, 2.45) is 14.1 Å². The minimum absolute atomic E-state index is 0.120. The molecular formula is C34H22F6N8O6S2. The van der Waals surface area contributed by atoms with Crippen molar-refractivity contribution < 1.29 is 55.6 Å². The third-order valence-electron chi connectivity index (χ3n) is 7.88. The van der Waals surface area contributed by atoms with Crippen LogP contribution in [0.2, 0.25) is 0 Å². The fourth-order valence-electron chi connectivity index (χ4n) is 5.39. The van der Waals surface area contributed by atoms with Gasteiger partial charge in [-0.3, -0.25) is 0 Å². The second-order valence-corrected chi connectivity index (χ2v) is 13.7. The van der Waals surface area contributed by atoms with E-state index in [1.807, 2.05) is 0 Å². The number of nitrogens with zero attached hydrogens (tertiary/aromatic N) is 6. The molecule has 0 atom stereocenters. The van der Waals surface area contributed by atoms with E-state index >= 15 is 0 Å². The molecule has 4 heterocycles. The van der Waals surface area contributed by atoms with Gasteiger partial charge in [0.2, 0.25) is 11.9 Å². The average molecular weight is 817 g/mol. The number of aryl methyl sites for hydroxylation is 2. The number of nitrogens with one attached hydrogen (secondary N) is 2. The maximum absolute atomic E-state index is 12.4. The number of aromatic nitrogens is 6. The lowest BCUT2D eigenvalue weighted by molar-refractivity contribution is -0.275. The van der Waals surface area contributed by atoms with Gasteiger partial charge in [-0.15, -0.1) is 26.3 Å². The van der Waals surface area contributed by atoms with Crippen LogP contribution in [0.1, 0.15) is 20.7 Å². The first-order valence-electron chi connectivity index (χ1n) is 15.7. The Balaban J connectivity index is 0.000000172. The molecule has 56 heavy (non-hydrogen) atoms. The first-order chi connectivity index (χ1) is 26.4. The average Bonchev–Trinajstić information content (AvgIpc) is 3.86. The highest BCUT2D eigenvalue weighted by Gasteiger charge is 2.32. The second kappa shape index (κ2) is 14.2. The van der Waals surface area contributed by atoms with E-state index in [2.05, 4.69) is 40.0 Å². The molecule has 0 saturated carbocycles. The van der Waals surface area contributed by atoms with Crippen LogP contribution in [0.15, 0.2) is 72.8 Å². The van der Waals surface area contributed by atoms with Crippen molar-refractivity contribution in [1.29, 1.82) is 0 Å². The molecule has 4 N–H and O–H groups in total. The number of hydrogen-bond acceptors (Lipinski definition) is 12. The summed E-state index contributed by atoms with van der Waals surface area (Å²) in [5.41, 5.74) is 3.68. The second-order valence-electron chi connectivity index (χ2n) is 11.6. The van der Waals surface area contributed by atoms with Gasteiger partial charge in [0.05, 0.1) is 53.6 Å². The summed E-state index contributed by atoms with van der Waals surface area (Å²) < 4.78 is 86.5. The van der Waals surface area contributed by atoms with Gasteiger partial charge in [0.25, 0.3) is 0 Å². The maximum Gasteiger partial charge on any atom is 0.573 e. The minimum atomic E-state index is -4.76. The van der Waals surface area contributed by atoms with Gasteiger partial charge >= 0.3 is 24.7 Å². The third-order valence-corrected chi connectivity index (χ3v) is 9.75. The van der Waals surface area contributed by atoms with Crippen LogP contribution in [0, 0.1) is 0 Å². The van der Waals surface area contributed by atoms with Crippen LogP contribution >= 0.6 is 22.7 Å². The standard InChI is InChI=1S/2C17H11F3N4O3S/c2*1-24-12-5-2-8(14(25)26)6-11(12)21-15(24)23-16-22-10-4-3-9(7-13(10)28-16)27-17(18,19)20/h2*2-7H,1H3,(H,25,26)(H,21,22,23). The summed E-state index contributed by atoms with van der Waals surface area (Å²) >= 11 is 2.28. The lowest BCUT2D eigenvalue weighted by atomic mass is 10.2. The Morgan fingerprint density at radius 1 is 0.589 bits per heavy atom. The SMILES string of the molecule is Cn1c(Nc2nc3ccc(OC(F)(F)F)cc3s2)nc2cc(C(=O)O)ccc21.Cn1c(Nc2nc3ccc(OC(F)(F)F)cc3s2)nc2cc(C(=O)O)ccc21. The first kappa shape index (κ1) is 37.6. The Bertz CT molecular complexity index is 2620. The molecule has 288 valence electrons. The molecule has 8 aromatic rings. The maximum atomic E-state index is 12.4. The quantitative estimate of drug-likeness (QED) is 0.107. The summed E-state index contributed by atoms with van der Waals surface area (Å²) in [6.45, 7) is 0. The van der Waals surface area contributed by atoms with Gasteiger partial charge in [0, 0.05) is 26.2 Å². The Kier molecular flexibility index (Phi) is 9.53. The number of halogens is 6. The highest BCUT2D eigenvalue weighted by molar-refractivity contribution is 7.22. The molecule has 0 aliphatic rings. The van der Waals surface area contributed by atoms with E-state index in [-0.39, 0.29) is 22.6 Å². The van der Waals surface area contributed by atoms with E-state index in [0.717, 1.165) is 33.7 Å². The van der Waals surface area contributed by atoms with E-state index in [0.29, 0.717) is 53.6 Å². The lowest BCUT2D eigenvalue weighted by Gasteiger charge is -2.07. The molecular weight excluding hydrogens is 795 g/mol. The fraction of sp³-hybridized carbons (Fsp3) is 0.118.